The topological polar surface area (TPSA) is 60.2 Å². The first-order valence-electron chi connectivity index (χ1n) is 4.08. The molecule has 0 aliphatic rings. The van der Waals surface area contributed by atoms with Crippen molar-refractivity contribution in [3.63, 3.8) is 0 Å². The summed E-state index contributed by atoms with van der Waals surface area (Å²) in [6.07, 6.45) is -3.87. The lowest BCUT2D eigenvalue weighted by atomic mass is 10.2. The largest absolute Gasteiger partial charge is 0.409 e. The van der Waals surface area contributed by atoms with E-state index in [1.165, 1.54) is 18.2 Å². The Kier molecular flexibility index (Phi) is 3.39. The average Bonchev–Trinajstić information content (AvgIpc) is 2.12. The van der Waals surface area contributed by atoms with Crippen LogP contribution < -0.4 is 5.14 Å². The van der Waals surface area contributed by atoms with E-state index in [2.05, 4.69) is 0 Å². The normalized spacial score (nSPS) is 13.2. The van der Waals surface area contributed by atoms with Crippen LogP contribution in [-0.4, -0.2) is 14.6 Å². The van der Waals surface area contributed by atoms with Crippen molar-refractivity contribution in [3.8, 4) is 0 Å². The first kappa shape index (κ1) is 12.7. The Morgan fingerprint density at radius 1 is 1.19 bits per heavy atom. The Morgan fingerprint density at radius 2 is 1.75 bits per heavy atom. The summed E-state index contributed by atoms with van der Waals surface area (Å²) in [4.78, 5) is -0.337. The lowest BCUT2D eigenvalue weighted by Gasteiger charge is -2.03. The molecular weight excluding hydrogens is 243 g/mol. The first-order valence-corrected chi connectivity index (χ1v) is 5.62. The summed E-state index contributed by atoms with van der Waals surface area (Å²) >= 11 is 0. The maximum atomic E-state index is 11.9. The van der Waals surface area contributed by atoms with Crippen molar-refractivity contribution < 1.29 is 21.6 Å². The van der Waals surface area contributed by atoms with Crippen molar-refractivity contribution in [3.05, 3.63) is 35.9 Å². The van der Waals surface area contributed by atoms with Gasteiger partial charge in [-0.05, 0) is 17.7 Å². The molecule has 16 heavy (non-hydrogen) atoms. The van der Waals surface area contributed by atoms with E-state index in [4.69, 9.17) is 5.14 Å². The molecule has 2 N–H and O–H groups in total. The molecule has 0 heterocycles. The van der Waals surface area contributed by atoms with Gasteiger partial charge in [0.15, 0.2) is 0 Å². The Labute approximate surface area is 90.4 Å². The quantitative estimate of drug-likeness (QED) is 0.872. The number of halogens is 3. The maximum Gasteiger partial charge on any atom is 0.409 e. The van der Waals surface area contributed by atoms with Crippen LogP contribution >= 0.6 is 0 Å². The van der Waals surface area contributed by atoms with Gasteiger partial charge >= 0.3 is 6.18 Å². The lowest BCUT2D eigenvalue weighted by Crippen LogP contribution is -2.13. The molecule has 0 radical (unpaired) electrons. The highest BCUT2D eigenvalue weighted by atomic mass is 32.2. The number of nitrogens with two attached hydrogens (primary N) is 1. The van der Waals surface area contributed by atoms with E-state index < -0.39 is 16.2 Å². The molecule has 0 bridgehead atoms. The summed E-state index contributed by atoms with van der Waals surface area (Å²) in [5, 5.41) is 4.85. The zero-order chi connectivity index (χ0) is 12.4. The monoisotopic (exact) mass is 251 g/mol. The molecule has 88 valence electrons. The molecule has 0 aliphatic heterocycles. The van der Waals surface area contributed by atoms with Gasteiger partial charge in [0.2, 0.25) is 10.0 Å². The van der Waals surface area contributed by atoms with Gasteiger partial charge in [0.1, 0.15) is 0 Å². The number of hydrogen-bond donors (Lipinski definition) is 1. The highest BCUT2D eigenvalue weighted by Crippen LogP contribution is 2.21. The van der Waals surface area contributed by atoms with E-state index in [9.17, 15) is 21.6 Å². The van der Waals surface area contributed by atoms with Gasteiger partial charge in [-0.25, -0.2) is 13.6 Å². The van der Waals surface area contributed by atoms with Crippen molar-refractivity contribution in [1.82, 2.24) is 0 Å². The lowest BCUT2D eigenvalue weighted by molar-refractivity contribution is -0.0790. The van der Waals surface area contributed by atoms with Crippen LogP contribution in [0, 0.1) is 0 Å². The second kappa shape index (κ2) is 4.26. The number of hydrogen-bond acceptors (Lipinski definition) is 2. The molecule has 0 saturated carbocycles. The number of sulfonamides is 1. The number of benzene rings is 1. The Bertz CT molecular complexity index is 506. The van der Waals surface area contributed by atoms with Crippen LogP contribution in [0.15, 0.2) is 35.2 Å². The summed E-state index contributed by atoms with van der Waals surface area (Å²) in [6.45, 7) is 0. The van der Waals surface area contributed by atoms with Gasteiger partial charge in [-0.2, -0.15) is 13.2 Å². The van der Waals surface area contributed by atoms with E-state index in [1.54, 1.807) is 0 Å². The third kappa shape index (κ3) is 3.67. The van der Waals surface area contributed by atoms with E-state index in [0.717, 1.165) is 6.07 Å². The molecule has 1 rings (SSSR count). The van der Waals surface area contributed by atoms with Gasteiger partial charge in [-0.1, -0.05) is 18.2 Å². The maximum absolute atomic E-state index is 11.9. The SMILES string of the molecule is NS(=O)(=O)c1ccccc1/C=C/C(F)(F)F. The summed E-state index contributed by atoms with van der Waals surface area (Å²) < 4.78 is 57.8. The predicted molar refractivity (Wildman–Crippen MR) is 52.9 cm³/mol. The first-order chi connectivity index (χ1) is 7.20. The zero-order valence-corrected chi connectivity index (χ0v) is 8.72. The van der Waals surface area contributed by atoms with Gasteiger partial charge in [0.25, 0.3) is 0 Å². The molecule has 0 saturated heterocycles. The fourth-order valence-electron chi connectivity index (χ4n) is 1.06. The fourth-order valence-corrected chi connectivity index (χ4v) is 1.79. The molecule has 0 aromatic heterocycles. The number of rotatable bonds is 2. The van der Waals surface area contributed by atoms with Crippen LogP contribution in [0.1, 0.15) is 5.56 Å². The van der Waals surface area contributed by atoms with Gasteiger partial charge < -0.3 is 0 Å². The number of allylic oxidation sites excluding steroid dienone is 1. The Hall–Kier alpha value is -1.34. The second-order valence-electron chi connectivity index (χ2n) is 2.96. The summed E-state index contributed by atoms with van der Waals surface area (Å²) in [5.74, 6) is 0. The van der Waals surface area contributed by atoms with Crippen molar-refractivity contribution in [2.24, 2.45) is 5.14 Å². The van der Waals surface area contributed by atoms with Crippen LogP contribution in [-0.2, 0) is 10.0 Å². The van der Waals surface area contributed by atoms with Crippen molar-refractivity contribution >= 4 is 16.1 Å². The second-order valence-corrected chi connectivity index (χ2v) is 4.49. The molecule has 0 unspecified atom stereocenters. The molecule has 7 heteroatoms. The van der Waals surface area contributed by atoms with Crippen LogP contribution in [0.5, 0.6) is 0 Å². The van der Waals surface area contributed by atoms with Crippen LogP contribution in [0.4, 0.5) is 13.2 Å². The van der Waals surface area contributed by atoms with E-state index in [1.807, 2.05) is 0 Å². The third-order valence-corrected chi connectivity index (χ3v) is 2.66. The molecular formula is C9H8F3NO2S. The fraction of sp³-hybridized carbons (Fsp3) is 0.111. The summed E-state index contributed by atoms with van der Waals surface area (Å²) in [5.41, 5.74) is -0.0951. The molecule has 1 aromatic carbocycles. The number of primary sulfonamides is 1. The van der Waals surface area contributed by atoms with E-state index >= 15 is 0 Å². The summed E-state index contributed by atoms with van der Waals surface area (Å²) in [7, 11) is -4.02. The Morgan fingerprint density at radius 3 is 2.25 bits per heavy atom. The Balaban J connectivity index is 3.21. The highest BCUT2D eigenvalue weighted by molar-refractivity contribution is 7.89. The average molecular weight is 251 g/mol. The van der Waals surface area contributed by atoms with Crippen molar-refractivity contribution in [1.29, 1.82) is 0 Å². The van der Waals surface area contributed by atoms with E-state index in [0.29, 0.717) is 6.08 Å². The molecule has 0 amide bonds. The number of alkyl halides is 3. The predicted octanol–water partition coefficient (Wildman–Crippen LogP) is 1.91. The van der Waals surface area contributed by atoms with Gasteiger partial charge in [0.05, 0.1) is 4.90 Å². The van der Waals surface area contributed by atoms with Crippen LogP contribution in [0.3, 0.4) is 0 Å². The molecule has 0 fully saturated rings. The van der Waals surface area contributed by atoms with Gasteiger partial charge in [-0.15, -0.1) is 0 Å². The minimum atomic E-state index is -4.49. The van der Waals surface area contributed by atoms with Crippen LogP contribution in [0.2, 0.25) is 0 Å². The minimum absolute atomic E-state index is 0.0446. The van der Waals surface area contributed by atoms with Gasteiger partial charge in [-0.3, -0.25) is 0 Å². The van der Waals surface area contributed by atoms with Crippen molar-refractivity contribution in [2.45, 2.75) is 11.1 Å². The standard InChI is InChI=1S/C9H8F3NO2S/c10-9(11,12)6-5-7-3-1-2-4-8(7)16(13,14)15/h1-6H,(H2,13,14,15)/b6-5+. The third-order valence-electron chi connectivity index (χ3n) is 1.68. The molecule has 0 aliphatic carbocycles. The van der Waals surface area contributed by atoms with E-state index in [-0.39, 0.29) is 16.5 Å². The smallest absolute Gasteiger partial charge is 0.225 e. The zero-order valence-electron chi connectivity index (χ0n) is 7.90. The molecule has 1 aromatic rings. The van der Waals surface area contributed by atoms with Gasteiger partial charge in [0, 0.05) is 6.08 Å². The minimum Gasteiger partial charge on any atom is -0.225 e. The highest BCUT2D eigenvalue weighted by Gasteiger charge is 2.22. The molecule has 0 spiro atoms. The van der Waals surface area contributed by atoms with Crippen LogP contribution in [0.25, 0.3) is 6.08 Å². The van der Waals surface area contributed by atoms with Crippen molar-refractivity contribution in [2.75, 3.05) is 0 Å². The molecule has 3 nitrogen and oxygen atoms in total. The molecule has 0 atom stereocenters. The summed E-state index contributed by atoms with van der Waals surface area (Å²) in [6, 6.07) is 5.18.